The Morgan fingerprint density at radius 3 is 2.11 bits per heavy atom. The molecule has 0 unspecified atom stereocenters. The van der Waals surface area contributed by atoms with Crippen LogP contribution in [-0.2, 0) is 6.42 Å². The molecule has 2 aromatic carbocycles. The topological polar surface area (TPSA) is 0 Å². The van der Waals surface area contributed by atoms with Crippen LogP contribution in [0.15, 0.2) is 48.6 Å². The van der Waals surface area contributed by atoms with E-state index < -0.39 is 0 Å². The van der Waals surface area contributed by atoms with Crippen molar-refractivity contribution in [2.45, 2.75) is 84.0 Å². The lowest BCUT2D eigenvalue weighted by Gasteiger charge is -2.37. The van der Waals surface area contributed by atoms with Crippen LogP contribution in [0.3, 0.4) is 0 Å². The fourth-order valence-corrected chi connectivity index (χ4v) is 6.02. The van der Waals surface area contributed by atoms with Gasteiger partial charge in [-0.2, -0.15) is 0 Å². The second kappa shape index (κ2) is 9.29. The highest BCUT2D eigenvalue weighted by molar-refractivity contribution is 5.84. The van der Waals surface area contributed by atoms with Crippen LogP contribution >= 0.6 is 0 Å². The molecule has 0 spiro atoms. The van der Waals surface area contributed by atoms with Crippen molar-refractivity contribution >= 4 is 10.8 Å². The van der Waals surface area contributed by atoms with E-state index in [0.29, 0.717) is 0 Å². The van der Waals surface area contributed by atoms with Gasteiger partial charge >= 0.3 is 0 Å². The van der Waals surface area contributed by atoms with E-state index in [1.165, 1.54) is 80.5 Å². The molecule has 0 atom stereocenters. The molecule has 4 rings (SSSR count). The highest BCUT2D eigenvalue weighted by atomic mass is 14.4. The Morgan fingerprint density at radius 2 is 1.43 bits per heavy atom. The summed E-state index contributed by atoms with van der Waals surface area (Å²) in [4.78, 5) is 0. The molecule has 0 nitrogen and oxygen atoms in total. The van der Waals surface area contributed by atoms with Gasteiger partial charge in [0.05, 0.1) is 0 Å². The van der Waals surface area contributed by atoms with Crippen LogP contribution in [0.4, 0.5) is 0 Å². The molecule has 0 aromatic heterocycles. The summed E-state index contributed by atoms with van der Waals surface area (Å²) in [5, 5.41) is 2.85. The van der Waals surface area contributed by atoms with Gasteiger partial charge in [0.2, 0.25) is 0 Å². The average molecular weight is 375 g/mol. The third-order valence-electron chi connectivity index (χ3n) is 7.66. The van der Waals surface area contributed by atoms with Gasteiger partial charge in [-0.05, 0) is 110 Å². The maximum atomic E-state index is 2.48. The van der Waals surface area contributed by atoms with Crippen molar-refractivity contribution in [1.29, 1.82) is 0 Å². The molecule has 0 N–H and O–H groups in total. The molecular weight excluding hydrogens is 336 g/mol. The number of benzene rings is 2. The van der Waals surface area contributed by atoms with Gasteiger partial charge in [0.1, 0.15) is 0 Å². The molecule has 28 heavy (non-hydrogen) atoms. The Hall–Kier alpha value is -1.56. The minimum atomic E-state index is 0.787. The summed E-state index contributed by atoms with van der Waals surface area (Å²) in [5.74, 6) is 3.67. The Morgan fingerprint density at radius 1 is 0.786 bits per heavy atom. The minimum Gasteiger partial charge on any atom is -0.0914 e. The van der Waals surface area contributed by atoms with E-state index >= 15 is 0 Å². The number of allylic oxidation sites excluding steroid dienone is 2. The Bertz CT molecular complexity index is 783. The fraction of sp³-hybridized carbons (Fsp3) is 0.571. The molecule has 0 heteroatoms. The van der Waals surface area contributed by atoms with Crippen LogP contribution in [0.5, 0.6) is 0 Å². The van der Waals surface area contributed by atoms with E-state index in [4.69, 9.17) is 0 Å². The molecule has 0 bridgehead atoms. The molecule has 0 radical (unpaired) electrons. The second-order valence-corrected chi connectivity index (χ2v) is 9.50. The maximum absolute atomic E-state index is 2.48. The normalized spacial score (nSPS) is 28.8. The molecule has 150 valence electrons. The molecule has 2 fully saturated rings. The summed E-state index contributed by atoms with van der Waals surface area (Å²) in [7, 11) is 0. The number of hydrogen-bond acceptors (Lipinski definition) is 0. The Kier molecular flexibility index (Phi) is 6.55. The highest BCUT2D eigenvalue weighted by Gasteiger charge is 2.30. The zero-order chi connectivity index (χ0) is 19.3. The van der Waals surface area contributed by atoms with Crippen LogP contribution in [0.25, 0.3) is 10.8 Å². The van der Waals surface area contributed by atoms with Crippen molar-refractivity contribution in [2.24, 2.45) is 17.8 Å². The summed E-state index contributed by atoms with van der Waals surface area (Å²) in [5.41, 5.74) is 3.07. The number of hydrogen-bond donors (Lipinski definition) is 0. The molecule has 2 aliphatic rings. The van der Waals surface area contributed by atoms with E-state index in [-0.39, 0.29) is 0 Å². The Labute approximate surface area is 172 Å². The summed E-state index contributed by atoms with van der Waals surface area (Å²) < 4.78 is 0. The predicted molar refractivity (Wildman–Crippen MR) is 123 cm³/mol. The van der Waals surface area contributed by atoms with Gasteiger partial charge in [0.25, 0.3) is 0 Å². The van der Waals surface area contributed by atoms with Crippen molar-refractivity contribution in [3.05, 3.63) is 59.7 Å². The third kappa shape index (κ3) is 4.53. The van der Waals surface area contributed by atoms with E-state index in [1.807, 2.05) is 0 Å². The molecule has 0 aliphatic heterocycles. The highest BCUT2D eigenvalue weighted by Crippen LogP contribution is 2.44. The number of fused-ring (bicyclic) bond motifs is 1. The summed E-state index contributed by atoms with van der Waals surface area (Å²) in [6, 6.07) is 14.3. The first-order chi connectivity index (χ1) is 13.8. The van der Waals surface area contributed by atoms with Crippen LogP contribution in [0.2, 0.25) is 0 Å². The van der Waals surface area contributed by atoms with Gasteiger partial charge in [-0.15, -0.1) is 0 Å². The molecule has 0 heterocycles. The van der Waals surface area contributed by atoms with Gasteiger partial charge < -0.3 is 0 Å². The lowest BCUT2D eigenvalue weighted by molar-refractivity contribution is 0.171. The first kappa shape index (κ1) is 19.7. The monoisotopic (exact) mass is 374 g/mol. The first-order valence-corrected chi connectivity index (χ1v) is 11.9. The van der Waals surface area contributed by atoms with E-state index in [2.05, 4.69) is 62.4 Å². The zero-order valence-corrected chi connectivity index (χ0v) is 18.0. The van der Waals surface area contributed by atoms with Crippen LogP contribution in [0.1, 0.15) is 88.7 Å². The minimum absolute atomic E-state index is 0.787. The molecule has 2 aromatic rings. The third-order valence-corrected chi connectivity index (χ3v) is 7.66. The standard InChI is InChI=1S/C28H38/c1-3-5-21-7-10-23(11-8-21)24-13-15-25(16-14-24)27-18-17-26-19-22(6-4-2)9-12-28(26)20-27/h3,5,9,12,17-21,23-25H,4,6-8,10-11,13-16H2,1-2H3/b5-3+. The molecular formula is C28H38. The smallest absolute Gasteiger partial charge is 0.0162 e. The van der Waals surface area contributed by atoms with Gasteiger partial charge in [0.15, 0.2) is 0 Å². The second-order valence-electron chi connectivity index (χ2n) is 9.50. The molecule has 2 saturated carbocycles. The van der Waals surface area contributed by atoms with Gasteiger partial charge in [-0.1, -0.05) is 61.9 Å². The Balaban J connectivity index is 1.35. The van der Waals surface area contributed by atoms with Crippen molar-refractivity contribution < 1.29 is 0 Å². The van der Waals surface area contributed by atoms with Crippen molar-refractivity contribution in [2.75, 3.05) is 0 Å². The van der Waals surface area contributed by atoms with Crippen molar-refractivity contribution in [3.8, 4) is 0 Å². The predicted octanol–water partition coefficient (Wildman–Crippen LogP) is 8.45. The van der Waals surface area contributed by atoms with Crippen molar-refractivity contribution in [1.82, 2.24) is 0 Å². The number of rotatable bonds is 5. The van der Waals surface area contributed by atoms with Crippen molar-refractivity contribution in [3.63, 3.8) is 0 Å². The SMILES string of the molecule is C/C=C/C1CCC(C2CCC(c3ccc4cc(CCC)ccc4c3)CC2)CC1. The summed E-state index contributed by atoms with van der Waals surface area (Å²) >= 11 is 0. The van der Waals surface area contributed by atoms with Crippen LogP contribution < -0.4 is 0 Å². The summed E-state index contributed by atoms with van der Waals surface area (Å²) in [6.07, 6.45) is 18.6. The zero-order valence-electron chi connectivity index (χ0n) is 18.0. The molecule has 0 saturated heterocycles. The lowest BCUT2D eigenvalue weighted by Crippen LogP contribution is -2.25. The van der Waals surface area contributed by atoms with Gasteiger partial charge in [0, 0.05) is 0 Å². The largest absolute Gasteiger partial charge is 0.0914 e. The van der Waals surface area contributed by atoms with Crippen LogP contribution in [-0.4, -0.2) is 0 Å². The van der Waals surface area contributed by atoms with E-state index in [0.717, 1.165) is 23.7 Å². The van der Waals surface area contributed by atoms with Gasteiger partial charge in [-0.25, -0.2) is 0 Å². The van der Waals surface area contributed by atoms with E-state index in [1.54, 1.807) is 5.56 Å². The average Bonchev–Trinajstić information content (AvgIpc) is 2.75. The number of aryl methyl sites for hydroxylation is 1. The molecule has 2 aliphatic carbocycles. The fourth-order valence-electron chi connectivity index (χ4n) is 6.02. The van der Waals surface area contributed by atoms with Gasteiger partial charge in [-0.3, -0.25) is 0 Å². The van der Waals surface area contributed by atoms with Crippen LogP contribution in [0, 0.1) is 17.8 Å². The van der Waals surface area contributed by atoms with E-state index in [9.17, 15) is 0 Å². The summed E-state index contributed by atoms with van der Waals surface area (Å²) in [6.45, 7) is 4.43. The maximum Gasteiger partial charge on any atom is -0.0162 e. The lowest BCUT2D eigenvalue weighted by atomic mass is 9.68. The first-order valence-electron chi connectivity index (χ1n) is 11.9. The quantitative estimate of drug-likeness (QED) is 0.460. The molecule has 0 amide bonds.